The number of nitrogens with one attached hydrogen (secondary N) is 1. The molecule has 2 aromatic carbocycles. The Morgan fingerprint density at radius 3 is 2.57 bits per heavy atom. The van der Waals surface area contributed by atoms with Gasteiger partial charge in [0.1, 0.15) is 0 Å². The van der Waals surface area contributed by atoms with E-state index in [1.54, 1.807) is 0 Å². The molecule has 0 fully saturated rings. The summed E-state index contributed by atoms with van der Waals surface area (Å²) in [6.07, 6.45) is 1.94. The quantitative estimate of drug-likeness (QED) is 0.494. The molecule has 5 nitrogen and oxygen atoms in total. The molecule has 4 aromatic rings. The summed E-state index contributed by atoms with van der Waals surface area (Å²) in [7, 11) is 0. The molecule has 1 amide bonds. The summed E-state index contributed by atoms with van der Waals surface area (Å²) in [6, 6.07) is 18.2. The van der Waals surface area contributed by atoms with Crippen molar-refractivity contribution in [1.82, 2.24) is 19.7 Å². The third-order valence-corrected chi connectivity index (χ3v) is 5.86. The van der Waals surface area contributed by atoms with E-state index in [0.717, 1.165) is 29.7 Å². The van der Waals surface area contributed by atoms with Gasteiger partial charge in [0.05, 0.1) is 11.7 Å². The highest BCUT2D eigenvalue weighted by Gasteiger charge is 2.17. The van der Waals surface area contributed by atoms with Crippen LogP contribution < -0.4 is 5.32 Å². The van der Waals surface area contributed by atoms with Gasteiger partial charge in [0, 0.05) is 41.4 Å². The number of rotatable bonds is 6. The van der Waals surface area contributed by atoms with Crippen molar-refractivity contribution < 1.29 is 4.79 Å². The number of benzene rings is 2. The molecular weight excluding hydrogens is 372 g/mol. The number of carbonyl (C=O) groups is 1. The summed E-state index contributed by atoms with van der Waals surface area (Å²) in [5.41, 5.74) is 6.39. The first-order chi connectivity index (χ1) is 14.5. The lowest BCUT2D eigenvalue weighted by atomic mass is 10.1. The third kappa shape index (κ3) is 3.75. The second-order valence-corrected chi connectivity index (χ2v) is 7.81. The van der Waals surface area contributed by atoms with Crippen LogP contribution in [0.3, 0.4) is 0 Å². The Morgan fingerprint density at radius 2 is 1.87 bits per heavy atom. The average Bonchev–Trinajstić information content (AvgIpc) is 3.34. The van der Waals surface area contributed by atoms with Crippen molar-refractivity contribution >= 4 is 16.8 Å². The molecule has 5 heteroatoms. The molecule has 30 heavy (non-hydrogen) atoms. The molecule has 0 saturated heterocycles. The van der Waals surface area contributed by atoms with Crippen molar-refractivity contribution in [3.63, 3.8) is 0 Å². The second kappa shape index (κ2) is 8.19. The molecule has 0 bridgehead atoms. The fraction of sp³-hybridized carbons (Fsp3) is 0.280. The van der Waals surface area contributed by atoms with Crippen LogP contribution in [0.4, 0.5) is 0 Å². The van der Waals surface area contributed by atoms with E-state index in [9.17, 15) is 4.79 Å². The van der Waals surface area contributed by atoms with Crippen molar-refractivity contribution in [2.24, 2.45) is 0 Å². The van der Waals surface area contributed by atoms with Gasteiger partial charge in [0.15, 0.2) is 0 Å². The molecule has 2 aromatic heterocycles. The third-order valence-electron chi connectivity index (χ3n) is 5.86. The molecule has 0 aliphatic carbocycles. The number of aromatic nitrogens is 3. The van der Waals surface area contributed by atoms with Gasteiger partial charge < -0.3 is 9.88 Å². The largest absolute Gasteiger partial charge is 0.344 e. The Balaban J connectivity index is 1.60. The summed E-state index contributed by atoms with van der Waals surface area (Å²) in [6.45, 7) is 9.91. The first kappa shape index (κ1) is 20.0. The van der Waals surface area contributed by atoms with E-state index in [4.69, 9.17) is 0 Å². The maximum Gasteiger partial charge on any atom is 0.251 e. The molecule has 4 rings (SSSR count). The van der Waals surface area contributed by atoms with Crippen LogP contribution in [0.15, 0.2) is 60.8 Å². The zero-order valence-corrected chi connectivity index (χ0v) is 18.0. The van der Waals surface area contributed by atoms with Gasteiger partial charge in [-0.2, -0.15) is 5.10 Å². The Kier molecular flexibility index (Phi) is 5.44. The van der Waals surface area contributed by atoms with Gasteiger partial charge in [0.25, 0.3) is 5.91 Å². The molecule has 0 radical (unpaired) electrons. The molecule has 0 saturated carbocycles. The highest BCUT2D eigenvalue weighted by atomic mass is 16.1. The van der Waals surface area contributed by atoms with Crippen LogP contribution in [-0.2, 0) is 13.1 Å². The Bertz CT molecular complexity index is 1190. The predicted octanol–water partition coefficient (Wildman–Crippen LogP) is 5.01. The predicted molar refractivity (Wildman–Crippen MR) is 121 cm³/mol. The summed E-state index contributed by atoms with van der Waals surface area (Å²) >= 11 is 0. The maximum atomic E-state index is 12.9. The van der Waals surface area contributed by atoms with E-state index < -0.39 is 0 Å². The highest BCUT2D eigenvalue weighted by Crippen LogP contribution is 2.27. The minimum Gasteiger partial charge on any atom is -0.344 e. The van der Waals surface area contributed by atoms with E-state index in [0.29, 0.717) is 5.56 Å². The number of carbonyl (C=O) groups excluding carboxylic acids is 1. The van der Waals surface area contributed by atoms with E-state index in [1.807, 2.05) is 49.0 Å². The Labute approximate surface area is 177 Å². The monoisotopic (exact) mass is 400 g/mol. The summed E-state index contributed by atoms with van der Waals surface area (Å²) in [5.74, 6) is -0.0803. The fourth-order valence-corrected chi connectivity index (χ4v) is 3.90. The smallest absolute Gasteiger partial charge is 0.251 e. The lowest BCUT2D eigenvalue weighted by Crippen LogP contribution is -2.27. The summed E-state index contributed by atoms with van der Waals surface area (Å²) in [5, 5.41) is 8.69. The number of nitrogens with zero attached hydrogens (tertiary/aromatic N) is 3. The van der Waals surface area contributed by atoms with Gasteiger partial charge in [0.2, 0.25) is 0 Å². The zero-order chi connectivity index (χ0) is 21.3. The lowest BCUT2D eigenvalue weighted by Gasteiger charge is -2.12. The van der Waals surface area contributed by atoms with Gasteiger partial charge in [-0.25, -0.2) is 0 Å². The normalized spacial score (nSPS) is 12.3. The Morgan fingerprint density at radius 1 is 1.10 bits per heavy atom. The lowest BCUT2D eigenvalue weighted by molar-refractivity contribution is 0.0939. The molecule has 1 N–H and O–H groups in total. The van der Waals surface area contributed by atoms with Crippen molar-refractivity contribution in [3.05, 3.63) is 88.9 Å². The number of fused-ring (bicyclic) bond motifs is 1. The fourth-order valence-electron chi connectivity index (χ4n) is 3.90. The van der Waals surface area contributed by atoms with Gasteiger partial charge in [-0.15, -0.1) is 0 Å². The summed E-state index contributed by atoms with van der Waals surface area (Å²) < 4.78 is 4.19. The molecule has 0 aliphatic heterocycles. The van der Waals surface area contributed by atoms with E-state index in [1.165, 1.54) is 16.8 Å². The molecule has 2 heterocycles. The molecule has 1 unspecified atom stereocenters. The van der Waals surface area contributed by atoms with Crippen LogP contribution in [-0.4, -0.2) is 20.3 Å². The van der Waals surface area contributed by atoms with E-state index in [2.05, 4.69) is 59.2 Å². The zero-order valence-electron chi connectivity index (χ0n) is 18.0. The van der Waals surface area contributed by atoms with Gasteiger partial charge in [-0.1, -0.05) is 30.3 Å². The SMILES string of the molecule is CCn1ccc(C(C)NC(=O)c2ccc3c(c2)c(C)c(C)n3Cc2ccccc2)n1. The van der Waals surface area contributed by atoms with Gasteiger partial charge in [-0.05, 0) is 63.1 Å². The minimum atomic E-state index is -0.147. The van der Waals surface area contributed by atoms with Crippen molar-refractivity contribution in [1.29, 1.82) is 0 Å². The molecule has 0 spiro atoms. The highest BCUT2D eigenvalue weighted by molar-refractivity contribution is 5.99. The molecular formula is C25H28N4O. The van der Waals surface area contributed by atoms with E-state index in [-0.39, 0.29) is 11.9 Å². The number of hydrogen-bond donors (Lipinski definition) is 1. The minimum absolute atomic E-state index is 0.0803. The first-order valence-corrected chi connectivity index (χ1v) is 10.5. The first-order valence-electron chi connectivity index (χ1n) is 10.5. The average molecular weight is 401 g/mol. The van der Waals surface area contributed by atoms with Crippen molar-refractivity contribution in [2.75, 3.05) is 0 Å². The van der Waals surface area contributed by atoms with Crippen LogP contribution in [0.2, 0.25) is 0 Å². The molecule has 1 atom stereocenters. The standard InChI is InChI=1S/C25H28N4O/c1-5-28-14-13-23(27-28)18(3)26-25(30)21-11-12-24-22(15-21)17(2)19(4)29(24)16-20-9-7-6-8-10-20/h6-15,18H,5,16H2,1-4H3,(H,26,30). The van der Waals surface area contributed by atoms with Crippen molar-refractivity contribution in [3.8, 4) is 0 Å². The summed E-state index contributed by atoms with van der Waals surface area (Å²) in [4.78, 5) is 12.9. The maximum absolute atomic E-state index is 12.9. The number of amides is 1. The van der Waals surface area contributed by atoms with Crippen LogP contribution in [0.1, 0.15) is 52.8 Å². The van der Waals surface area contributed by atoms with Crippen molar-refractivity contribution in [2.45, 2.75) is 46.8 Å². The molecule has 0 aliphatic rings. The van der Waals surface area contributed by atoms with E-state index >= 15 is 0 Å². The van der Waals surface area contributed by atoms with Crippen LogP contribution in [0.25, 0.3) is 10.9 Å². The van der Waals surface area contributed by atoms with Crippen LogP contribution in [0, 0.1) is 13.8 Å². The Hall–Kier alpha value is -3.34. The van der Waals surface area contributed by atoms with Gasteiger partial charge >= 0.3 is 0 Å². The van der Waals surface area contributed by atoms with Crippen LogP contribution >= 0.6 is 0 Å². The van der Waals surface area contributed by atoms with Gasteiger partial charge in [-0.3, -0.25) is 9.48 Å². The second-order valence-electron chi connectivity index (χ2n) is 7.81. The number of aryl methyl sites for hydroxylation is 2. The molecule has 154 valence electrons. The van der Waals surface area contributed by atoms with Crippen LogP contribution in [0.5, 0.6) is 0 Å². The number of hydrogen-bond acceptors (Lipinski definition) is 2. The topological polar surface area (TPSA) is 51.9 Å².